The lowest BCUT2D eigenvalue weighted by atomic mass is 10.1. The summed E-state index contributed by atoms with van der Waals surface area (Å²) >= 11 is 5.94. The quantitative estimate of drug-likeness (QED) is 0.575. The van der Waals surface area contributed by atoms with E-state index in [9.17, 15) is 4.79 Å². The molecule has 0 saturated heterocycles. The molecule has 2 rings (SSSR count). The van der Waals surface area contributed by atoms with E-state index < -0.39 is 0 Å². The molecule has 2 aromatic heterocycles. The highest BCUT2D eigenvalue weighted by molar-refractivity contribution is 6.32. The molecule has 74 valence electrons. The average molecular weight is 219 g/mol. The molecule has 0 saturated carbocycles. The number of nitrogens with zero attached hydrogens (tertiary/aromatic N) is 2. The number of rotatable bonds is 2. The smallest absolute Gasteiger partial charge is 0.150 e. The van der Waals surface area contributed by atoms with Gasteiger partial charge in [-0.2, -0.15) is 0 Å². The normalized spacial score (nSPS) is 9.93. The van der Waals surface area contributed by atoms with Crippen LogP contribution < -0.4 is 0 Å². The minimum absolute atomic E-state index is 0.313. The van der Waals surface area contributed by atoms with Crippen LogP contribution in [0.3, 0.4) is 0 Å². The second kappa shape index (κ2) is 4.19. The van der Waals surface area contributed by atoms with Gasteiger partial charge in [0.05, 0.1) is 0 Å². The van der Waals surface area contributed by atoms with Crippen molar-refractivity contribution in [3.05, 3.63) is 47.5 Å². The molecule has 0 fully saturated rings. The largest absolute Gasteiger partial charge is 0.298 e. The van der Waals surface area contributed by atoms with E-state index in [1.54, 1.807) is 24.5 Å². The number of hydrogen-bond donors (Lipinski definition) is 0. The van der Waals surface area contributed by atoms with Crippen LogP contribution in [0.25, 0.3) is 11.1 Å². The topological polar surface area (TPSA) is 42.9 Å². The highest BCUT2D eigenvalue weighted by atomic mass is 35.5. The van der Waals surface area contributed by atoms with E-state index in [4.69, 9.17) is 11.6 Å². The van der Waals surface area contributed by atoms with Crippen molar-refractivity contribution in [2.45, 2.75) is 0 Å². The second-order valence-corrected chi connectivity index (χ2v) is 3.28. The van der Waals surface area contributed by atoms with Gasteiger partial charge in [-0.3, -0.25) is 9.78 Å². The Labute approximate surface area is 91.8 Å². The molecule has 3 nitrogen and oxygen atoms in total. The zero-order valence-electron chi connectivity index (χ0n) is 7.72. The van der Waals surface area contributed by atoms with E-state index in [0.29, 0.717) is 16.3 Å². The molecule has 0 N–H and O–H groups in total. The van der Waals surface area contributed by atoms with E-state index in [1.165, 1.54) is 6.20 Å². The minimum Gasteiger partial charge on any atom is -0.298 e. The first-order valence-corrected chi connectivity index (χ1v) is 4.71. The molecular weight excluding hydrogens is 212 g/mol. The van der Waals surface area contributed by atoms with Gasteiger partial charge in [-0.25, -0.2) is 4.98 Å². The highest BCUT2D eigenvalue weighted by Gasteiger charge is 2.09. The molecule has 15 heavy (non-hydrogen) atoms. The van der Waals surface area contributed by atoms with Gasteiger partial charge >= 0.3 is 0 Å². The maximum atomic E-state index is 10.8. The molecule has 0 bridgehead atoms. The predicted octanol–water partition coefficient (Wildman–Crippen LogP) is 2.61. The van der Waals surface area contributed by atoms with Crippen molar-refractivity contribution >= 4 is 17.9 Å². The van der Waals surface area contributed by atoms with E-state index in [0.717, 1.165) is 11.8 Å². The van der Waals surface area contributed by atoms with E-state index in [-0.39, 0.29) is 0 Å². The van der Waals surface area contributed by atoms with Crippen LogP contribution in [0.1, 0.15) is 10.4 Å². The van der Waals surface area contributed by atoms with Crippen molar-refractivity contribution in [1.82, 2.24) is 9.97 Å². The minimum atomic E-state index is 0.313. The Balaban J connectivity index is 2.66. The summed E-state index contributed by atoms with van der Waals surface area (Å²) in [6.07, 6.45) is 5.58. The number of hydrogen-bond acceptors (Lipinski definition) is 3. The lowest BCUT2D eigenvalue weighted by molar-refractivity contribution is 0.112. The molecule has 0 unspecified atom stereocenters. The second-order valence-electron chi connectivity index (χ2n) is 2.93. The first kappa shape index (κ1) is 9.80. The van der Waals surface area contributed by atoms with Crippen LogP contribution in [0, 0.1) is 0 Å². The number of halogens is 1. The average Bonchev–Trinajstić information content (AvgIpc) is 2.29. The van der Waals surface area contributed by atoms with Gasteiger partial charge in [0, 0.05) is 35.3 Å². The van der Waals surface area contributed by atoms with Gasteiger partial charge in [0.15, 0.2) is 6.29 Å². The lowest BCUT2D eigenvalue weighted by Gasteiger charge is -2.05. The molecule has 0 aromatic carbocycles. The molecule has 2 aromatic rings. The zero-order valence-corrected chi connectivity index (χ0v) is 8.48. The lowest BCUT2D eigenvalue weighted by Crippen LogP contribution is -1.91. The summed E-state index contributed by atoms with van der Waals surface area (Å²) in [5.41, 5.74) is 1.93. The van der Waals surface area contributed by atoms with Crippen LogP contribution >= 0.6 is 11.6 Å². The first-order chi connectivity index (χ1) is 7.33. The van der Waals surface area contributed by atoms with Gasteiger partial charge in [-0.1, -0.05) is 17.7 Å². The molecule has 0 radical (unpaired) electrons. The Morgan fingerprint density at radius 3 is 2.80 bits per heavy atom. The maximum Gasteiger partial charge on any atom is 0.150 e. The van der Waals surface area contributed by atoms with Crippen molar-refractivity contribution in [1.29, 1.82) is 0 Å². The number of aldehydes is 1. The van der Waals surface area contributed by atoms with Crippen molar-refractivity contribution in [2.24, 2.45) is 0 Å². The monoisotopic (exact) mass is 218 g/mol. The van der Waals surface area contributed by atoms with Crippen LogP contribution in [0.2, 0.25) is 5.15 Å². The standard InChI is InChI=1S/C11H7ClN2O/c12-11-10(8-2-1-4-13-6-8)9(7-15)3-5-14-11/h1-7H. The van der Waals surface area contributed by atoms with Gasteiger partial charge < -0.3 is 0 Å². The summed E-state index contributed by atoms with van der Waals surface area (Å²) in [5, 5.41) is 0.313. The number of carbonyl (C=O) groups excluding carboxylic acids is 1. The van der Waals surface area contributed by atoms with Crippen LogP contribution in [0.15, 0.2) is 36.8 Å². The summed E-state index contributed by atoms with van der Waals surface area (Å²) in [7, 11) is 0. The zero-order chi connectivity index (χ0) is 10.7. The Morgan fingerprint density at radius 2 is 2.13 bits per heavy atom. The first-order valence-electron chi connectivity index (χ1n) is 4.33. The van der Waals surface area contributed by atoms with E-state index in [1.807, 2.05) is 6.07 Å². The summed E-state index contributed by atoms with van der Waals surface area (Å²) < 4.78 is 0. The van der Waals surface area contributed by atoms with Gasteiger partial charge in [0.2, 0.25) is 0 Å². The molecule has 2 heterocycles. The molecule has 0 spiro atoms. The molecule has 0 amide bonds. The van der Waals surface area contributed by atoms with Crippen molar-refractivity contribution in [3.63, 3.8) is 0 Å². The van der Waals surface area contributed by atoms with Crippen LogP contribution in [0.5, 0.6) is 0 Å². The number of carbonyl (C=O) groups is 1. The van der Waals surface area contributed by atoms with Crippen molar-refractivity contribution < 1.29 is 4.79 Å². The number of aromatic nitrogens is 2. The summed E-state index contributed by atoms with van der Waals surface area (Å²) in [4.78, 5) is 18.8. The van der Waals surface area contributed by atoms with E-state index in [2.05, 4.69) is 9.97 Å². The van der Waals surface area contributed by atoms with Gasteiger partial charge in [-0.15, -0.1) is 0 Å². The Kier molecular flexibility index (Phi) is 2.74. The molecule has 0 aliphatic rings. The van der Waals surface area contributed by atoms with Gasteiger partial charge in [0.1, 0.15) is 5.15 Å². The van der Waals surface area contributed by atoms with Crippen LogP contribution in [-0.2, 0) is 0 Å². The predicted molar refractivity (Wildman–Crippen MR) is 57.9 cm³/mol. The highest BCUT2D eigenvalue weighted by Crippen LogP contribution is 2.27. The Bertz CT molecular complexity index is 485. The fraction of sp³-hybridized carbons (Fsp3) is 0. The summed E-state index contributed by atoms with van der Waals surface area (Å²) in [5.74, 6) is 0. The SMILES string of the molecule is O=Cc1ccnc(Cl)c1-c1cccnc1. The number of pyridine rings is 2. The molecule has 0 aliphatic heterocycles. The van der Waals surface area contributed by atoms with Gasteiger partial charge in [0.25, 0.3) is 0 Å². The third-order valence-corrected chi connectivity index (χ3v) is 2.30. The van der Waals surface area contributed by atoms with Crippen molar-refractivity contribution in [2.75, 3.05) is 0 Å². The van der Waals surface area contributed by atoms with Crippen LogP contribution in [-0.4, -0.2) is 16.3 Å². The fourth-order valence-electron chi connectivity index (χ4n) is 1.34. The third kappa shape index (κ3) is 1.87. The van der Waals surface area contributed by atoms with Crippen LogP contribution in [0.4, 0.5) is 0 Å². The van der Waals surface area contributed by atoms with Crippen molar-refractivity contribution in [3.8, 4) is 11.1 Å². The van der Waals surface area contributed by atoms with E-state index >= 15 is 0 Å². The molecular formula is C11H7ClN2O. The summed E-state index contributed by atoms with van der Waals surface area (Å²) in [6, 6.07) is 5.25. The summed E-state index contributed by atoms with van der Waals surface area (Å²) in [6.45, 7) is 0. The fourth-order valence-corrected chi connectivity index (χ4v) is 1.62. The molecule has 0 atom stereocenters. The Morgan fingerprint density at radius 1 is 1.27 bits per heavy atom. The third-order valence-electron chi connectivity index (χ3n) is 2.01. The molecule has 0 aliphatic carbocycles. The molecule has 4 heteroatoms. The van der Waals surface area contributed by atoms with Gasteiger partial charge in [-0.05, 0) is 12.1 Å². The maximum absolute atomic E-state index is 10.8. The Hall–Kier alpha value is -1.74.